The van der Waals surface area contributed by atoms with E-state index in [1.807, 2.05) is 6.92 Å². The van der Waals surface area contributed by atoms with Crippen molar-refractivity contribution in [1.29, 1.82) is 0 Å². The van der Waals surface area contributed by atoms with Gasteiger partial charge >= 0.3 is 0 Å². The van der Waals surface area contributed by atoms with Crippen LogP contribution in [0.3, 0.4) is 0 Å². The number of fused-ring (bicyclic) bond motifs is 2. The van der Waals surface area contributed by atoms with Crippen LogP contribution < -0.4 is 4.90 Å². The van der Waals surface area contributed by atoms with Gasteiger partial charge in [-0.25, -0.2) is 8.78 Å². The van der Waals surface area contributed by atoms with Crippen LogP contribution in [0, 0.1) is 11.6 Å². The number of amides is 2. The van der Waals surface area contributed by atoms with Crippen LogP contribution in [0.1, 0.15) is 22.8 Å². The third kappa shape index (κ3) is 2.26. The maximum Gasteiger partial charge on any atom is 0.268 e. The molecule has 1 atom stereocenters. The second-order valence-corrected chi connectivity index (χ2v) is 7.45. The highest BCUT2D eigenvalue weighted by atomic mass is 32.2. The molecule has 0 radical (unpaired) electrons. The smallest absolute Gasteiger partial charge is 0.268 e. The van der Waals surface area contributed by atoms with Crippen molar-refractivity contribution >= 4 is 29.3 Å². The molecular formula is C19H16F2N2O2S. The first kappa shape index (κ1) is 17.0. The summed E-state index contributed by atoms with van der Waals surface area (Å²) in [5, 5.41) is 0. The summed E-state index contributed by atoms with van der Waals surface area (Å²) in [7, 11) is 0. The molecule has 0 aromatic heterocycles. The largest absolute Gasteiger partial charge is 0.311 e. The van der Waals surface area contributed by atoms with Crippen molar-refractivity contribution in [2.45, 2.75) is 11.8 Å². The van der Waals surface area contributed by atoms with Crippen LogP contribution in [0.2, 0.25) is 0 Å². The number of halogens is 2. The number of thioether (sulfide) groups is 1. The molecule has 0 saturated carbocycles. The molecule has 134 valence electrons. The Bertz CT molecular complexity index is 903. The molecule has 4 rings (SSSR count). The Morgan fingerprint density at radius 2 is 1.85 bits per heavy atom. The van der Waals surface area contributed by atoms with Crippen molar-refractivity contribution in [3.63, 3.8) is 0 Å². The fourth-order valence-electron chi connectivity index (χ4n) is 3.65. The molecule has 2 aromatic rings. The number of rotatable bonds is 2. The maximum atomic E-state index is 14.0. The third-order valence-corrected chi connectivity index (χ3v) is 6.23. The zero-order valence-corrected chi connectivity index (χ0v) is 14.9. The van der Waals surface area contributed by atoms with Gasteiger partial charge in [0.25, 0.3) is 11.8 Å². The van der Waals surface area contributed by atoms with Gasteiger partial charge in [0, 0.05) is 30.0 Å². The minimum absolute atomic E-state index is 0.237. The molecule has 2 aliphatic heterocycles. The Kier molecular flexibility index (Phi) is 3.99. The minimum atomic E-state index is -1.26. The van der Waals surface area contributed by atoms with Crippen LogP contribution in [0.5, 0.6) is 0 Å². The summed E-state index contributed by atoms with van der Waals surface area (Å²) >= 11 is 1.34. The lowest BCUT2D eigenvalue weighted by molar-refractivity contribution is -0.123. The molecule has 2 aliphatic rings. The quantitative estimate of drug-likeness (QED) is 0.809. The third-order valence-electron chi connectivity index (χ3n) is 4.81. The molecule has 7 heteroatoms. The van der Waals surface area contributed by atoms with Crippen molar-refractivity contribution in [1.82, 2.24) is 4.90 Å². The molecule has 0 N–H and O–H groups in total. The highest BCUT2D eigenvalue weighted by Crippen LogP contribution is 2.54. The summed E-state index contributed by atoms with van der Waals surface area (Å²) in [6.45, 7) is 2.63. The lowest BCUT2D eigenvalue weighted by Crippen LogP contribution is -2.50. The summed E-state index contributed by atoms with van der Waals surface area (Å²) in [6, 6.07) is 9.47. The zero-order chi connectivity index (χ0) is 18.5. The first-order chi connectivity index (χ1) is 12.5. The molecule has 1 fully saturated rings. The van der Waals surface area contributed by atoms with E-state index in [-0.39, 0.29) is 11.8 Å². The molecule has 1 spiro atoms. The van der Waals surface area contributed by atoms with Crippen LogP contribution in [0.4, 0.5) is 14.5 Å². The average Bonchev–Trinajstić information content (AvgIpc) is 3.17. The van der Waals surface area contributed by atoms with Crippen LogP contribution in [-0.4, -0.2) is 35.6 Å². The SMILES string of the molecule is CCN1C(=O)C2(SCCN2C(=O)c2ccc(F)cc2)c2cc(F)ccc21. The van der Waals surface area contributed by atoms with Crippen LogP contribution in [0.25, 0.3) is 0 Å². The van der Waals surface area contributed by atoms with E-state index in [1.54, 1.807) is 11.0 Å². The fourth-order valence-corrected chi connectivity index (χ4v) is 5.10. The summed E-state index contributed by atoms with van der Waals surface area (Å²) in [4.78, 5) is 28.1. The molecule has 1 unspecified atom stereocenters. The minimum Gasteiger partial charge on any atom is -0.311 e. The highest BCUT2D eigenvalue weighted by Gasteiger charge is 2.59. The molecule has 2 amide bonds. The van der Waals surface area contributed by atoms with Crippen LogP contribution in [-0.2, 0) is 9.67 Å². The highest BCUT2D eigenvalue weighted by molar-refractivity contribution is 8.01. The number of carbonyl (C=O) groups excluding carboxylic acids is 2. The van der Waals surface area contributed by atoms with Gasteiger partial charge < -0.3 is 9.80 Å². The number of hydrogen-bond acceptors (Lipinski definition) is 3. The Morgan fingerprint density at radius 1 is 1.15 bits per heavy atom. The Morgan fingerprint density at radius 3 is 2.54 bits per heavy atom. The average molecular weight is 374 g/mol. The second-order valence-electron chi connectivity index (χ2n) is 6.17. The van der Waals surface area contributed by atoms with Crippen molar-refractivity contribution in [3.05, 3.63) is 65.2 Å². The van der Waals surface area contributed by atoms with Gasteiger partial charge in [-0.2, -0.15) is 0 Å². The number of benzene rings is 2. The maximum absolute atomic E-state index is 14.0. The Hall–Kier alpha value is -2.41. The van der Waals surface area contributed by atoms with E-state index in [0.29, 0.717) is 35.7 Å². The van der Waals surface area contributed by atoms with Gasteiger partial charge in [0.05, 0.1) is 5.69 Å². The molecule has 4 nitrogen and oxygen atoms in total. The van der Waals surface area contributed by atoms with E-state index >= 15 is 0 Å². The molecule has 2 heterocycles. The number of hydrogen-bond donors (Lipinski definition) is 0. The summed E-state index contributed by atoms with van der Waals surface area (Å²) in [6.07, 6.45) is 0. The molecule has 0 bridgehead atoms. The van der Waals surface area contributed by atoms with E-state index in [0.717, 1.165) is 0 Å². The molecular weight excluding hydrogens is 358 g/mol. The number of carbonyl (C=O) groups is 2. The predicted octanol–water partition coefficient (Wildman–Crippen LogP) is 3.37. The van der Waals surface area contributed by atoms with E-state index in [1.165, 1.54) is 53.1 Å². The van der Waals surface area contributed by atoms with Crippen LogP contribution >= 0.6 is 11.8 Å². The van der Waals surface area contributed by atoms with Gasteiger partial charge in [0.1, 0.15) is 11.6 Å². The van der Waals surface area contributed by atoms with Gasteiger partial charge in [0.2, 0.25) is 0 Å². The van der Waals surface area contributed by atoms with Crippen molar-refractivity contribution in [3.8, 4) is 0 Å². The van der Waals surface area contributed by atoms with Gasteiger partial charge in [0.15, 0.2) is 4.87 Å². The van der Waals surface area contributed by atoms with Crippen molar-refractivity contribution < 1.29 is 18.4 Å². The Labute approximate surface area is 153 Å². The van der Waals surface area contributed by atoms with Crippen LogP contribution in [0.15, 0.2) is 42.5 Å². The summed E-state index contributed by atoms with van der Waals surface area (Å²) in [5.74, 6) is -0.925. The lowest BCUT2D eigenvalue weighted by Gasteiger charge is -2.33. The zero-order valence-electron chi connectivity index (χ0n) is 14.0. The monoisotopic (exact) mass is 374 g/mol. The standard InChI is InChI=1S/C19H16F2N2O2S/c1-2-22-16-8-7-14(21)11-15(16)19(18(22)25)23(9-10-26-19)17(24)12-3-5-13(20)6-4-12/h3-8,11H,2,9-10H2,1H3. The number of anilines is 1. The predicted molar refractivity (Wildman–Crippen MR) is 96.0 cm³/mol. The van der Waals surface area contributed by atoms with Gasteiger partial charge in [-0.05, 0) is 49.4 Å². The molecule has 1 saturated heterocycles. The molecule has 26 heavy (non-hydrogen) atoms. The normalized spacial score (nSPS) is 21.6. The van der Waals surface area contributed by atoms with Crippen molar-refractivity contribution in [2.24, 2.45) is 0 Å². The topological polar surface area (TPSA) is 40.6 Å². The van der Waals surface area contributed by atoms with Crippen molar-refractivity contribution in [2.75, 3.05) is 23.7 Å². The van der Waals surface area contributed by atoms with Gasteiger partial charge in [-0.3, -0.25) is 9.59 Å². The van der Waals surface area contributed by atoms with E-state index < -0.39 is 16.5 Å². The van der Waals surface area contributed by atoms with E-state index in [2.05, 4.69) is 0 Å². The lowest BCUT2D eigenvalue weighted by atomic mass is 10.0. The summed E-state index contributed by atoms with van der Waals surface area (Å²) < 4.78 is 27.2. The second kappa shape index (κ2) is 6.09. The first-order valence-electron chi connectivity index (χ1n) is 8.32. The first-order valence-corrected chi connectivity index (χ1v) is 9.31. The van der Waals surface area contributed by atoms with E-state index in [4.69, 9.17) is 0 Å². The van der Waals surface area contributed by atoms with Gasteiger partial charge in [-0.15, -0.1) is 11.8 Å². The summed E-state index contributed by atoms with van der Waals surface area (Å²) in [5.41, 5.74) is 1.43. The van der Waals surface area contributed by atoms with E-state index in [9.17, 15) is 18.4 Å². The Balaban J connectivity index is 1.84. The molecule has 2 aromatic carbocycles. The molecule has 0 aliphatic carbocycles. The number of nitrogens with zero attached hydrogens (tertiary/aromatic N) is 2. The number of likely N-dealkylation sites (N-methyl/N-ethyl adjacent to an activating group) is 1. The van der Waals surface area contributed by atoms with Gasteiger partial charge in [-0.1, -0.05) is 0 Å². The fraction of sp³-hybridized carbons (Fsp3) is 0.263.